The largest absolute Gasteiger partial charge is 0.465 e. The van der Waals surface area contributed by atoms with Crippen LogP contribution < -0.4 is 11.1 Å². The number of aryl methyl sites for hydroxylation is 1. The summed E-state index contributed by atoms with van der Waals surface area (Å²) in [5.74, 6) is -1.38. The monoisotopic (exact) mass is 309 g/mol. The number of aromatic nitrogens is 1. The summed E-state index contributed by atoms with van der Waals surface area (Å²) in [6.07, 6.45) is 0.561. The number of nitrogens with one attached hydrogen (secondary N) is 2. The lowest BCUT2D eigenvalue weighted by molar-refractivity contribution is -0.125. The van der Waals surface area contributed by atoms with Crippen LogP contribution in [-0.2, 0) is 16.0 Å². The van der Waals surface area contributed by atoms with E-state index in [1.54, 1.807) is 20.8 Å². The van der Waals surface area contributed by atoms with Gasteiger partial charge in [0, 0.05) is 12.2 Å². The van der Waals surface area contributed by atoms with Gasteiger partial charge in [-0.05, 0) is 32.8 Å². The summed E-state index contributed by atoms with van der Waals surface area (Å²) < 4.78 is 4.75. The Hall–Kier alpha value is -2.31. The van der Waals surface area contributed by atoms with Crippen LogP contribution in [0.2, 0.25) is 0 Å². The molecule has 1 aromatic rings. The topological polar surface area (TPSA) is 114 Å². The third-order valence-electron chi connectivity index (χ3n) is 3.66. The summed E-state index contributed by atoms with van der Waals surface area (Å²) in [5, 5.41) is 2.66. The predicted octanol–water partition coefficient (Wildman–Crippen LogP) is 0.913. The molecule has 4 N–H and O–H groups in total. The van der Waals surface area contributed by atoms with Crippen molar-refractivity contribution in [3.05, 3.63) is 22.5 Å². The van der Waals surface area contributed by atoms with E-state index >= 15 is 0 Å². The second-order valence-electron chi connectivity index (χ2n) is 5.75. The molecule has 0 spiro atoms. The van der Waals surface area contributed by atoms with E-state index in [0.29, 0.717) is 23.2 Å². The Labute approximate surface area is 129 Å². The molecule has 22 heavy (non-hydrogen) atoms. The van der Waals surface area contributed by atoms with Gasteiger partial charge in [-0.1, -0.05) is 6.92 Å². The summed E-state index contributed by atoms with van der Waals surface area (Å²) >= 11 is 0. The molecule has 0 aliphatic rings. The molecule has 0 saturated heterocycles. The van der Waals surface area contributed by atoms with E-state index in [1.807, 2.05) is 6.92 Å². The number of ether oxygens (including phenoxy) is 1. The number of carbonyl (C=O) groups is 3. The number of carbonyl (C=O) groups excluding carboxylic acids is 3. The molecule has 0 radical (unpaired) electrons. The molecule has 0 unspecified atom stereocenters. The molecule has 7 nitrogen and oxygen atoms in total. The lowest BCUT2D eigenvalue weighted by Gasteiger charge is -2.20. The van der Waals surface area contributed by atoms with Gasteiger partial charge in [0.05, 0.1) is 18.1 Å². The lowest BCUT2D eigenvalue weighted by atomic mass is 9.93. The van der Waals surface area contributed by atoms with Crippen LogP contribution >= 0.6 is 0 Å². The van der Waals surface area contributed by atoms with Gasteiger partial charge in [0.2, 0.25) is 5.91 Å². The number of H-pyrrole nitrogens is 1. The van der Waals surface area contributed by atoms with Gasteiger partial charge in [0.15, 0.2) is 0 Å². The number of rotatable bonds is 6. The highest BCUT2D eigenvalue weighted by Gasteiger charge is 2.28. The van der Waals surface area contributed by atoms with Gasteiger partial charge in [-0.2, -0.15) is 0 Å². The fourth-order valence-corrected chi connectivity index (χ4v) is 2.01. The Morgan fingerprint density at radius 2 is 1.91 bits per heavy atom. The van der Waals surface area contributed by atoms with Crippen molar-refractivity contribution in [1.29, 1.82) is 0 Å². The second-order valence-corrected chi connectivity index (χ2v) is 5.75. The highest BCUT2D eigenvalue weighted by molar-refractivity contribution is 6.00. The first-order valence-electron chi connectivity index (χ1n) is 7.03. The molecule has 0 fully saturated rings. The molecule has 1 heterocycles. The molecule has 7 heteroatoms. The SMILES string of the molecule is CCc1[nH]c(C(=O)NCC(C)(C)C(N)=O)c(C)c1C(=O)OC. The average Bonchev–Trinajstić information content (AvgIpc) is 2.80. The van der Waals surface area contributed by atoms with Gasteiger partial charge in [-0.25, -0.2) is 4.79 Å². The third-order valence-corrected chi connectivity index (χ3v) is 3.66. The molecule has 1 aromatic heterocycles. The molecule has 0 atom stereocenters. The standard InChI is InChI=1S/C15H23N3O4/c1-6-9-10(13(20)22-5)8(2)11(18-9)12(19)17-7-15(3,4)14(16)21/h18H,6-7H2,1-5H3,(H2,16,21)(H,17,19). The number of aromatic amines is 1. The van der Waals surface area contributed by atoms with Gasteiger partial charge in [-0.15, -0.1) is 0 Å². The summed E-state index contributed by atoms with van der Waals surface area (Å²) in [4.78, 5) is 38.3. The maximum atomic E-state index is 12.3. The Balaban J connectivity index is 3.03. The fourth-order valence-electron chi connectivity index (χ4n) is 2.01. The number of amides is 2. The second kappa shape index (κ2) is 6.64. The molecule has 0 aromatic carbocycles. The van der Waals surface area contributed by atoms with E-state index in [0.717, 1.165) is 0 Å². The third kappa shape index (κ3) is 3.47. The molecule has 0 aliphatic heterocycles. The van der Waals surface area contributed by atoms with Crippen molar-refractivity contribution in [1.82, 2.24) is 10.3 Å². The Kier molecular flexibility index (Phi) is 5.35. The van der Waals surface area contributed by atoms with E-state index < -0.39 is 23.2 Å². The minimum absolute atomic E-state index is 0.106. The first-order valence-corrected chi connectivity index (χ1v) is 7.03. The van der Waals surface area contributed by atoms with Crippen LogP contribution in [0.25, 0.3) is 0 Å². The van der Waals surface area contributed by atoms with Crippen molar-refractivity contribution < 1.29 is 19.1 Å². The molecule has 0 bridgehead atoms. The first-order chi connectivity index (χ1) is 10.2. The predicted molar refractivity (Wildman–Crippen MR) is 81.6 cm³/mol. The summed E-state index contributed by atoms with van der Waals surface area (Å²) in [6, 6.07) is 0. The van der Waals surface area contributed by atoms with E-state index in [1.165, 1.54) is 7.11 Å². The van der Waals surface area contributed by atoms with Gasteiger partial charge in [0.25, 0.3) is 5.91 Å². The highest BCUT2D eigenvalue weighted by Crippen LogP contribution is 2.20. The Bertz CT molecular complexity index is 602. The first kappa shape index (κ1) is 17.7. The summed E-state index contributed by atoms with van der Waals surface area (Å²) in [6.45, 7) is 6.95. The van der Waals surface area contributed by atoms with Crippen molar-refractivity contribution in [3.8, 4) is 0 Å². The van der Waals surface area contributed by atoms with Crippen molar-refractivity contribution >= 4 is 17.8 Å². The van der Waals surface area contributed by atoms with Crippen LogP contribution in [0.5, 0.6) is 0 Å². The number of hydrogen-bond acceptors (Lipinski definition) is 4. The lowest BCUT2D eigenvalue weighted by Crippen LogP contribution is -2.42. The quantitative estimate of drug-likeness (QED) is 0.678. The average molecular weight is 309 g/mol. The number of hydrogen-bond donors (Lipinski definition) is 3. The van der Waals surface area contributed by atoms with Gasteiger partial charge >= 0.3 is 5.97 Å². The van der Waals surface area contributed by atoms with Gasteiger partial charge in [-0.3, -0.25) is 9.59 Å². The van der Waals surface area contributed by atoms with Crippen molar-refractivity contribution in [3.63, 3.8) is 0 Å². The maximum absolute atomic E-state index is 12.3. The van der Waals surface area contributed by atoms with Crippen LogP contribution in [0.15, 0.2) is 0 Å². The number of esters is 1. The van der Waals surface area contributed by atoms with Crippen LogP contribution in [0, 0.1) is 12.3 Å². The number of primary amides is 1. The van der Waals surface area contributed by atoms with E-state index in [-0.39, 0.29) is 12.2 Å². The van der Waals surface area contributed by atoms with Crippen LogP contribution in [0.3, 0.4) is 0 Å². The van der Waals surface area contributed by atoms with E-state index in [4.69, 9.17) is 10.5 Å². The van der Waals surface area contributed by atoms with Crippen LogP contribution in [0.1, 0.15) is 52.9 Å². The fraction of sp³-hybridized carbons (Fsp3) is 0.533. The van der Waals surface area contributed by atoms with Crippen molar-refractivity contribution in [2.75, 3.05) is 13.7 Å². The molecule has 0 saturated carbocycles. The zero-order valence-electron chi connectivity index (χ0n) is 13.6. The number of nitrogens with two attached hydrogens (primary N) is 1. The normalized spacial score (nSPS) is 11.1. The molecule has 0 aliphatic carbocycles. The smallest absolute Gasteiger partial charge is 0.339 e. The van der Waals surface area contributed by atoms with E-state index in [9.17, 15) is 14.4 Å². The minimum Gasteiger partial charge on any atom is -0.465 e. The van der Waals surface area contributed by atoms with E-state index in [2.05, 4.69) is 10.3 Å². The zero-order chi connectivity index (χ0) is 17.1. The van der Waals surface area contributed by atoms with Crippen molar-refractivity contribution in [2.24, 2.45) is 11.1 Å². The van der Waals surface area contributed by atoms with Gasteiger partial charge in [0.1, 0.15) is 5.69 Å². The molecule has 1 rings (SSSR count). The molecule has 2 amide bonds. The van der Waals surface area contributed by atoms with Gasteiger partial charge < -0.3 is 20.8 Å². The molecule has 122 valence electrons. The van der Waals surface area contributed by atoms with Crippen LogP contribution in [-0.4, -0.2) is 36.4 Å². The highest BCUT2D eigenvalue weighted by atomic mass is 16.5. The van der Waals surface area contributed by atoms with Crippen molar-refractivity contribution in [2.45, 2.75) is 34.1 Å². The Morgan fingerprint density at radius 1 is 1.32 bits per heavy atom. The minimum atomic E-state index is -0.852. The molecular formula is C15H23N3O4. The summed E-state index contributed by atoms with van der Waals surface area (Å²) in [5.41, 5.74) is 6.26. The zero-order valence-corrected chi connectivity index (χ0v) is 13.6. The van der Waals surface area contributed by atoms with Crippen LogP contribution in [0.4, 0.5) is 0 Å². The molecular weight excluding hydrogens is 286 g/mol. The maximum Gasteiger partial charge on any atom is 0.339 e. The Morgan fingerprint density at radius 3 is 2.36 bits per heavy atom. The summed E-state index contributed by atoms with van der Waals surface area (Å²) in [7, 11) is 1.29. The number of methoxy groups -OCH3 is 1.